The van der Waals surface area contributed by atoms with E-state index in [1.807, 2.05) is 12.1 Å². The summed E-state index contributed by atoms with van der Waals surface area (Å²) in [6, 6.07) is 5.93. The van der Waals surface area contributed by atoms with Crippen molar-refractivity contribution in [1.29, 1.82) is 0 Å². The standard InChI is InChI=1S/C10H12N2O/c1-7-4-3-5-9-8(7)6-12(2)10(13)11-9/h3-5H,6H2,1-2H3,(H,11,13). The molecule has 0 radical (unpaired) electrons. The molecule has 3 nitrogen and oxygen atoms in total. The number of hydrogen-bond acceptors (Lipinski definition) is 1. The first-order chi connectivity index (χ1) is 6.18. The average molecular weight is 176 g/mol. The van der Waals surface area contributed by atoms with E-state index in [1.54, 1.807) is 11.9 Å². The van der Waals surface area contributed by atoms with Gasteiger partial charge in [0.1, 0.15) is 0 Å². The van der Waals surface area contributed by atoms with E-state index >= 15 is 0 Å². The molecule has 1 aliphatic heterocycles. The lowest BCUT2D eigenvalue weighted by atomic mass is 10.0. The minimum Gasteiger partial charge on any atom is -0.323 e. The molecule has 2 amide bonds. The summed E-state index contributed by atoms with van der Waals surface area (Å²) < 4.78 is 0. The first kappa shape index (κ1) is 8.10. The highest BCUT2D eigenvalue weighted by molar-refractivity contribution is 5.92. The van der Waals surface area contributed by atoms with Crippen molar-refractivity contribution in [2.45, 2.75) is 13.5 Å². The quantitative estimate of drug-likeness (QED) is 0.644. The van der Waals surface area contributed by atoms with Crippen LogP contribution >= 0.6 is 0 Å². The Balaban J connectivity index is 2.48. The molecule has 1 aromatic carbocycles. The highest BCUT2D eigenvalue weighted by atomic mass is 16.2. The van der Waals surface area contributed by atoms with Crippen LogP contribution in [0.2, 0.25) is 0 Å². The third-order valence-electron chi connectivity index (χ3n) is 2.39. The number of anilines is 1. The Morgan fingerprint density at radius 3 is 3.00 bits per heavy atom. The maximum atomic E-state index is 11.3. The second-order valence-electron chi connectivity index (χ2n) is 3.39. The van der Waals surface area contributed by atoms with Gasteiger partial charge < -0.3 is 10.2 Å². The minimum absolute atomic E-state index is 0.0295. The van der Waals surface area contributed by atoms with Crippen molar-refractivity contribution in [3.63, 3.8) is 0 Å². The second-order valence-corrected chi connectivity index (χ2v) is 3.39. The molecule has 0 spiro atoms. The zero-order valence-electron chi connectivity index (χ0n) is 7.79. The van der Waals surface area contributed by atoms with Gasteiger partial charge in [0.15, 0.2) is 0 Å². The fraction of sp³-hybridized carbons (Fsp3) is 0.300. The van der Waals surface area contributed by atoms with Gasteiger partial charge in [-0.15, -0.1) is 0 Å². The number of urea groups is 1. The van der Waals surface area contributed by atoms with Crippen LogP contribution in [0, 0.1) is 6.92 Å². The van der Waals surface area contributed by atoms with Gasteiger partial charge in [-0.25, -0.2) is 4.79 Å². The molecular weight excluding hydrogens is 164 g/mol. The third-order valence-corrected chi connectivity index (χ3v) is 2.39. The Hall–Kier alpha value is -1.51. The largest absolute Gasteiger partial charge is 0.323 e. The Kier molecular flexibility index (Phi) is 1.72. The molecule has 1 aromatic rings. The summed E-state index contributed by atoms with van der Waals surface area (Å²) in [5.41, 5.74) is 3.39. The van der Waals surface area contributed by atoms with Crippen molar-refractivity contribution in [3.8, 4) is 0 Å². The number of carbonyl (C=O) groups is 1. The molecule has 1 aliphatic rings. The highest BCUT2D eigenvalue weighted by Crippen LogP contribution is 2.24. The number of aryl methyl sites for hydroxylation is 1. The van der Waals surface area contributed by atoms with E-state index in [0.717, 1.165) is 5.69 Å². The van der Waals surface area contributed by atoms with Crippen molar-refractivity contribution < 1.29 is 4.79 Å². The van der Waals surface area contributed by atoms with Crippen molar-refractivity contribution in [3.05, 3.63) is 29.3 Å². The first-order valence-electron chi connectivity index (χ1n) is 4.29. The van der Waals surface area contributed by atoms with Crippen molar-refractivity contribution in [2.75, 3.05) is 12.4 Å². The van der Waals surface area contributed by atoms with E-state index in [0.29, 0.717) is 6.54 Å². The van der Waals surface area contributed by atoms with E-state index in [-0.39, 0.29) is 6.03 Å². The minimum atomic E-state index is -0.0295. The second kappa shape index (κ2) is 2.76. The summed E-state index contributed by atoms with van der Waals surface area (Å²) in [6.45, 7) is 2.76. The maximum Gasteiger partial charge on any atom is 0.321 e. The molecule has 0 aromatic heterocycles. The van der Waals surface area contributed by atoms with Crippen molar-refractivity contribution >= 4 is 11.7 Å². The fourth-order valence-electron chi connectivity index (χ4n) is 1.55. The van der Waals surface area contributed by atoms with Crippen LogP contribution in [-0.2, 0) is 6.54 Å². The van der Waals surface area contributed by atoms with Crippen LogP contribution in [-0.4, -0.2) is 18.0 Å². The number of fused-ring (bicyclic) bond motifs is 1. The smallest absolute Gasteiger partial charge is 0.321 e. The molecule has 13 heavy (non-hydrogen) atoms. The number of benzene rings is 1. The first-order valence-corrected chi connectivity index (χ1v) is 4.29. The van der Waals surface area contributed by atoms with Crippen LogP contribution in [0.3, 0.4) is 0 Å². The molecule has 1 N–H and O–H groups in total. The number of nitrogens with one attached hydrogen (secondary N) is 1. The summed E-state index contributed by atoms with van der Waals surface area (Å²) >= 11 is 0. The third kappa shape index (κ3) is 1.26. The van der Waals surface area contributed by atoms with Gasteiger partial charge >= 0.3 is 6.03 Å². The van der Waals surface area contributed by atoms with Gasteiger partial charge in [0, 0.05) is 19.3 Å². The zero-order valence-corrected chi connectivity index (χ0v) is 7.79. The van der Waals surface area contributed by atoms with Crippen LogP contribution in [0.1, 0.15) is 11.1 Å². The normalized spacial score (nSPS) is 15.2. The molecule has 0 saturated carbocycles. The topological polar surface area (TPSA) is 32.3 Å². The number of nitrogens with zero attached hydrogens (tertiary/aromatic N) is 1. The van der Waals surface area contributed by atoms with Crippen molar-refractivity contribution in [2.24, 2.45) is 0 Å². The van der Waals surface area contributed by atoms with E-state index in [4.69, 9.17) is 0 Å². The molecule has 0 unspecified atom stereocenters. The molecule has 68 valence electrons. The monoisotopic (exact) mass is 176 g/mol. The van der Waals surface area contributed by atoms with Gasteiger partial charge in [0.25, 0.3) is 0 Å². The maximum absolute atomic E-state index is 11.3. The van der Waals surface area contributed by atoms with Gasteiger partial charge in [-0.1, -0.05) is 12.1 Å². The Morgan fingerprint density at radius 1 is 1.46 bits per heavy atom. The Labute approximate surface area is 77.4 Å². The highest BCUT2D eigenvalue weighted by Gasteiger charge is 2.19. The van der Waals surface area contributed by atoms with Gasteiger partial charge in [-0.05, 0) is 24.1 Å². The van der Waals surface area contributed by atoms with Crippen molar-refractivity contribution in [1.82, 2.24) is 4.90 Å². The SMILES string of the molecule is Cc1cccc2c1CN(C)C(=O)N2. The van der Waals surface area contributed by atoms with E-state index < -0.39 is 0 Å². The van der Waals surface area contributed by atoms with Crippen LogP contribution in [0.5, 0.6) is 0 Å². The van der Waals surface area contributed by atoms with Gasteiger partial charge in [-0.3, -0.25) is 0 Å². The van der Waals surface area contributed by atoms with E-state index in [9.17, 15) is 4.79 Å². The molecule has 0 fully saturated rings. The summed E-state index contributed by atoms with van der Waals surface area (Å²) in [5.74, 6) is 0. The Bertz CT molecular complexity index is 360. The molecule has 0 bridgehead atoms. The number of rotatable bonds is 0. The average Bonchev–Trinajstić information content (AvgIpc) is 2.09. The predicted molar refractivity (Wildman–Crippen MR) is 51.7 cm³/mol. The number of amides is 2. The van der Waals surface area contributed by atoms with Gasteiger partial charge in [0.2, 0.25) is 0 Å². The molecule has 2 rings (SSSR count). The van der Waals surface area contributed by atoms with E-state index in [2.05, 4.69) is 18.3 Å². The lowest BCUT2D eigenvalue weighted by molar-refractivity contribution is 0.218. The van der Waals surface area contributed by atoms with Crippen LogP contribution in [0.15, 0.2) is 18.2 Å². The summed E-state index contributed by atoms with van der Waals surface area (Å²) in [7, 11) is 1.80. The number of carbonyl (C=O) groups excluding carboxylic acids is 1. The number of hydrogen-bond donors (Lipinski definition) is 1. The molecule has 0 saturated heterocycles. The lowest BCUT2D eigenvalue weighted by Crippen LogP contribution is -2.35. The Morgan fingerprint density at radius 2 is 2.23 bits per heavy atom. The fourth-order valence-corrected chi connectivity index (χ4v) is 1.55. The molecule has 3 heteroatoms. The summed E-state index contributed by atoms with van der Waals surface area (Å²) in [4.78, 5) is 13.0. The van der Waals surface area contributed by atoms with Gasteiger partial charge in [0.05, 0.1) is 0 Å². The zero-order chi connectivity index (χ0) is 9.42. The predicted octanol–water partition coefficient (Wildman–Crippen LogP) is 1.97. The van der Waals surface area contributed by atoms with Crippen LogP contribution < -0.4 is 5.32 Å². The van der Waals surface area contributed by atoms with E-state index in [1.165, 1.54) is 11.1 Å². The molecule has 0 aliphatic carbocycles. The molecular formula is C10H12N2O. The summed E-state index contributed by atoms with van der Waals surface area (Å²) in [6.07, 6.45) is 0. The molecule has 1 heterocycles. The summed E-state index contributed by atoms with van der Waals surface area (Å²) in [5, 5.41) is 2.84. The lowest BCUT2D eigenvalue weighted by Gasteiger charge is -2.26. The van der Waals surface area contributed by atoms with Crippen LogP contribution in [0.25, 0.3) is 0 Å². The van der Waals surface area contributed by atoms with Crippen LogP contribution in [0.4, 0.5) is 10.5 Å². The molecule has 0 atom stereocenters. The van der Waals surface area contributed by atoms with Gasteiger partial charge in [-0.2, -0.15) is 0 Å².